The van der Waals surface area contributed by atoms with Crippen molar-refractivity contribution in [2.24, 2.45) is 11.8 Å². The van der Waals surface area contributed by atoms with Crippen molar-refractivity contribution in [3.05, 3.63) is 10.7 Å². The molecule has 0 aliphatic heterocycles. The van der Waals surface area contributed by atoms with E-state index in [4.69, 9.17) is 16.7 Å². The molecule has 0 fully saturated rings. The number of hydrogen-bond acceptors (Lipinski definition) is 5. The van der Waals surface area contributed by atoms with Gasteiger partial charge in [-0.25, -0.2) is 5.16 Å². The van der Waals surface area contributed by atoms with Crippen LogP contribution < -0.4 is 5.23 Å². The summed E-state index contributed by atoms with van der Waals surface area (Å²) in [6.45, 7) is 6.83. The number of H-pyrrole nitrogens is 1. The number of hydrogen-bond donors (Lipinski definition) is 3. The first-order valence-corrected chi connectivity index (χ1v) is 6.34. The summed E-state index contributed by atoms with van der Waals surface area (Å²) in [5.74, 6) is 1.78. The van der Waals surface area contributed by atoms with Gasteiger partial charge in [-0.2, -0.15) is 4.98 Å². The molecule has 0 aromatic carbocycles. The Morgan fingerprint density at radius 2 is 2.29 bits per heavy atom. The van der Waals surface area contributed by atoms with Crippen LogP contribution in [0.3, 0.4) is 0 Å². The largest absolute Gasteiger partial charge is 0.437 e. The quantitative estimate of drug-likeness (QED) is 0.511. The van der Waals surface area contributed by atoms with Gasteiger partial charge in [0.15, 0.2) is 0 Å². The van der Waals surface area contributed by atoms with Crippen molar-refractivity contribution in [2.75, 3.05) is 6.54 Å². The number of nitrogens with zero attached hydrogens (tertiary/aromatic N) is 1. The average Bonchev–Trinajstić information content (AvgIpc) is 2.59. The van der Waals surface area contributed by atoms with Gasteiger partial charge in [-0.3, -0.25) is 0 Å². The maximum atomic E-state index is 9.24. The lowest BCUT2D eigenvalue weighted by molar-refractivity contribution is 0.369. The van der Waals surface area contributed by atoms with Crippen LogP contribution in [0, 0.1) is 16.7 Å². The van der Waals surface area contributed by atoms with Crippen LogP contribution in [0.5, 0.6) is 0 Å². The molecule has 5 nitrogen and oxygen atoms in total. The van der Waals surface area contributed by atoms with Gasteiger partial charge in [0, 0.05) is 6.42 Å². The summed E-state index contributed by atoms with van der Waals surface area (Å²) in [5.41, 5.74) is 0. The number of rotatable bonds is 7. The maximum Gasteiger partial charge on any atom is 0.373 e. The Labute approximate surface area is 107 Å². The highest BCUT2D eigenvalue weighted by atomic mass is 32.1. The summed E-state index contributed by atoms with van der Waals surface area (Å²) in [7, 11) is -0.486. The molecule has 1 atom stereocenters. The Kier molecular flexibility index (Phi) is 5.87. The van der Waals surface area contributed by atoms with Gasteiger partial charge in [0.05, 0.1) is 0 Å². The van der Waals surface area contributed by atoms with Crippen molar-refractivity contribution < 1.29 is 9.55 Å². The molecule has 17 heavy (non-hydrogen) atoms. The van der Waals surface area contributed by atoms with Crippen molar-refractivity contribution in [3.63, 3.8) is 0 Å². The fourth-order valence-corrected chi connectivity index (χ4v) is 2.01. The van der Waals surface area contributed by atoms with E-state index in [-0.39, 0.29) is 4.84 Å². The minimum atomic E-state index is -0.486. The van der Waals surface area contributed by atoms with E-state index in [9.17, 15) is 5.02 Å². The SMILES string of the molecule is CB(O)NCC(Cc1nc(=S)o[nH]1)CC(C)C. The Balaban J connectivity index is 2.53. The first kappa shape index (κ1) is 14.4. The zero-order chi connectivity index (χ0) is 12.8. The van der Waals surface area contributed by atoms with Crippen LogP contribution in [0.25, 0.3) is 0 Å². The van der Waals surface area contributed by atoms with E-state index in [1.54, 1.807) is 6.82 Å². The van der Waals surface area contributed by atoms with Crippen LogP contribution >= 0.6 is 12.2 Å². The normalized spacial score (nSPS) is 13.0. The summed E-state index contributed by atoms with van der Waals surface area (Å²) in [4.78, 5) is 4.33. The predicted molar refractivity (Wildman–Crippen MR) is 70.2 cm³/mol. The van der Waals surface area contributed by atoms with Crippen LogP contribution in [-0.4, -0.2) is 28.8 Å². The van der Waals surface area contributed by atoms with Crippen molar-refractivity contribution in [2.45, 2.75) is 33.5 Å². The molecule has 1 aromatic heterocycles. The molecule has 7 heteroatoms. The van der Waals surface area contributed by atoms with E-state index in [1.165, 1.54) is 0 Å². The monoisotopic (exact) mass is 257 g/mol. The highest BCUT2D eigenvalue weighted by molar-refractivity contribution is 7.71. The van der Waals surface area contributed by atoms with Crippen LogP contribution in [0.2, 0.25) is 6.82 Å². The lowest BCUT2D eigenvalue weighted by Gasteiger charge is -2.18. The Bertz CT molecular complexity index is 378. The molecule has 0 amide bonds. The molecule has 0 aliphatic rings. The maximum absolute atomic E-state index is 9.24. The molecule has 3 N–H and O–H groups in total. The molecular weight excluding hydrogens is 237 g/mol. The second kappa shape index (κ2) is 6.93. The molecule has 1 unspecified atom stereocenters. The highest BCUT2D eigenvalue weighted by Gasteiger charge is 2.15. The van der Waals surface area contributed by atoms with Crippen molar-refractivity contribution in [3.8, 4) is 0 Å². The van der Waals surface area contributed by atoms with Gasteiger partial charge >= 0.3 is 11.9 Å². The molecule has 1 rings (SSSR count). The molecule has 1 aromatic rings. The fraction of sp³-hybridized carbons (Fsp3) is 0.800. The summed E-state index contributed by atoms with van der Waals surface area (Å²) < 4.78 is 4.90. The second-order valence-electron chi connectivity index (χ2n) is 4.81. The van der Waals surface area contributed by atoms with Gasteiger partial charge in [-0.05, 0) is 43.8 Å². The summed E-state index contributed by atoms with van der Waals surface area (Å²) in [6.07, 6.45) is 1.84. The van der Waals surface area contributed by atoms with Crippen LogP contribution in [0.4, 0.5) is 0 Å². The van der Waals surface area contributed by atoms with E-state index in [0.29, 0.717) is 11.8 Å². The van der Waals surface area contributed by atoms with E-state index in [0.717, 1.165) is 25.2 Å². The molecule has 0 saturated carbocycles. The molecule has 0 spiro atoms. The first-order chi connectivity index (χ1) is 7.97. The zero-order valence-electron chi connectivity index (χ0n) is 10.6. The molecule has 0 saturated heterocycles. The predicted octanol–water partition coefficient (Wildman–Crippen LogP) is 1.64. The Morgan fingerprint density at radius 3 is 2.76 bits per heavy atom. The third-order valence-corrected chi connectivity index (χ3v) is 2.65. The van der Waals surface area contributed by atoms with Gasteiger partial charge in [0.1, 0.15) is 5.82 Å². The molecular formula is C10H20BN3O2S. The third-order valence-electron chi connectivity index (χ3n) is 2.47. The third kappa shape index (κ3) is 6.00. The lowest BCUT2D eigenvalue weighted by Crippen LogP contribution is -2.36. The highest BCUT2D eigenvalue weighted by Crippen LogP contribution is 2.15. The number of nitrogens with one attached hydrogen (secondary N) is 2. The van der Waals surface area contributed by atoms with Crippen LogP contribution in [0.1, 0.15) is 26.1 Å². The molecule has 0 aliphatic carbocycles. The number of aromatic amines is 1. The van der Waals surface area contributed by atoms with Crippen molar-refractivity contribution in [1.82, 2.24) is 15.4 Å². The van der Waals surface area contributed by atoms with Gasteiger partial charge in [-0.1, -0.05) is 13.8 Å². The van der Waals surface area contributed by atoms with Crippen LogP contribution in [0.15, 0.2) is 4.52 Å². The van der Waals surface area contributed by atoms with E-state index in [2.05, 4.69) is 29.2 Å². The second-order valence-corrected chi connectivity index (χ2v) is 5.16. The zero-order valence-corrected chi connectivity index (χ0v) is 11.4. The first-order valence-electron chi connectivity index (χ1n) is 5.93. The summed E-state index contributed by atoms with van der Waals surface area (Å²) >= 11 is 4.82. The molecule has 1 heterocycles. The molecule has 0 bridgehead atoms. The van der Waals surface area contributed by atoms with E-state index >= 15 is 0 Å². The van der Waals surface area contributed by atoms with Gasteiger partial charge < -0.3 is 14.8 Å². The van der Waals surface area contributed by atoms with E-state index < -0.39 is 7.05 Å². The Hall–Kier alpha value is -0.655. The summed E-state index contributed by atoms with van der Waals surface area (Å²) in [5, 5.41) is 15.0. The van der Waals surface area contributed by atoms with Crippen LogP contribution in [-0.2, 0) is 6.42 Å². The smallest absolute Gasteiger partial charge is 0.373 e. The number of aromatic nitrogens is 2. The minimum absolute atomic E-state index is 0.242. The van der Waals surface area contributed by atoms with Gasteiger partial charge in [0.2, 0.25) is 0 Å². The fourth-order valence-electron chi connectivity index (χ4n) is 1.86. The van der Waals surface area contributed by atoms with Crippen molar-refractivity contribution >= 4 is 19.3 Å². The average molecular weight is 257 g/mol. The standard InChI is InChI=1S/C10H20BN3O2S/c1-7(2)4-8(6-12-11(3)15)5-9-13-10(17)16-14-9/h7-8,12,15H,4-6H2,1-3H3,(H,13,14,17). The van der Waals surface area contributed by atoms with Gasteiger partial charge in [-0.15, -0.1) is 0 Å². The van der Waals surface area contributed by atoms with Crippen molar-refractivity contribution in [1.29, 1.82) is 0 Å². The lowest BCUT2D eigenvalue weighted by atomic mass is 9.86. The molecule has 0 radical (unpaired) electrons. The minimum Gasteiger partial charge on any atom is -0.437 e. The Morgan fingerprint density at radius 1 is 1.59 bits per heavy atom. The topological polar surface area (TPSA) is 74.1 Å². The van der Waals surface area contributed by atoms with Gasteiger partial charge in [0.25, 0.3) is 0 Å². The molecule has 96 valence electrons. The summed E-state index contributed by atoms with van der Waals surface area (Å²) in [6, 6.07) is 0. The van der Waals surface area contributed by atoms with E-state index in [1.807, 2.05) is 0 Å².